The van der Waals surface area contributed by atoms with Gasteiger partial charge in [-0.15, -0.1) is 0 Å². The van der Waals surface area contributed by atoms with Crippen LogP contribution in [0, 0.1) is 5.41 Å². The van der Waals surface area contributed by atoms with Crippen LogP contribution in [-0.2, 0) is 23.8 Å². The van der Waals surface area contributed by atoms with Crippen LogP contribution in [0.5, 0.6) is 0 Å². The topological polar surface area (TPSA) is 125 Å². The van der Waals surface area contributed by atoms with E-state index in [9.17, 15) is 22.8 Å². The summed E-state index contributed by atoms with van der Waals surface area (Å²) in [5.41, 5.74) is -2.78. The van der Waals surface area contributed by atoms with Crippen LogP contribution in [0.25, 0.3) is 5.82 Å². The lowest BCUT2D eigenvalue weighted by atomic mass is 9.98. The maximum absolute atomic E-state index is 13.4. The predicted octanol–water partition coefficient (Wildman–Crippen LogP) is 2.97. The number of carbonyl (C=O) groups excluding carboxylic acids is 2. The van der Waals surface area contributed by atoms with E-state index in [1.165, 1.54) is 24.4 Å². The van der Waals surface area contributed by atoms with Crippen molar-refractivity contribution in [2.45, 2.75) is 26.1 Å². The number of allylic oxidation sites excluding steroid dienone is 2. The number of hydrogen-bond acceptors (Lipinski definition) is 6. The van der Waals surface area contributed by atoms with E-state index in [-0.39, 0.29) is 44.6 Å². The fourth-order valence-corrected chi connectivity index (χ4v) is 3.54. The molecule has 0 saturated carbocycles. The van der Waals surface area contributed by atoms with E-state index >= 15 is 0 Å². The minimum atomic E-state index is -4.88. The third-order valence-electron chi connectivity index (χ3n) is 4.44. The molecule has 0 unspecified atom stereocenters. The molecule has 15 heteroatoms. The minimum Gasteiger partial charge on any atom is -0.350 e. The van der Waals surface area contributed by atoms with E-state index < -0.39 is 29.4 Å². The lowest BCUT2D eigenvalue weighted by Gasteiger charge is -2.21. The second-order valence-corrected chi connectivity index (χ2v) is 8.34. The highest BCUT2D eigenvalue weighted by molar-refractivity contribution is 7.57. The molecule has 0 spiro atoms. The first-order valence-electron chi connectivity index (χ1n) is 9.71. The van der Waals surface area contributed by atoms with Crippen molar-refractivity contribution in [2.75, 3.05) is 0 Å². The van der Waals surface area contributed by atoms with Gasteiger partial charge in [0.05, 0.1) is 34.1 Å². The van der Waals surface area contributed by atoms with Crippen molar-refractivity contribution < 1.29 is 22.8 Å². The number of aromatic nitrogens is 3. The maximum Gasteiger partial charge on any atom is 0.435 e. The zero-order chi connectivity index (χ0) is 26.1. The number of halogens is 5. The summed E-state index contributed by atoms with van der Waals surface area (Å²) in [5.74, 6) is -2.00. The van der Waals surface area contributed by atoms with Gasteiger partial charge in [-0.2, -0.15) is 18.3 Å². The Morgan fingerprint density at radius 3 is 2.51 bits per heavy atom. The first-order chi connectivity index (χ1) is 16.3. The Morgan fingerprint density at radius 2 is 1.94 bits per heavy atom. The van der Waals surface area contributed by atoms with E-state index in [1.54, 1.807) is 13.8 Å². The molecular weight excluding hydrogens is 530 g/mol. The SMILES string of the molecule is CC(C)NC(=O)C1=CC(=N[SH2+])C(=N)C(Cl)=C1NC(=O)c1cc(C(F)(F)F)nn1-c1ncccc1Cl. The van der Waals surface area contributed by atoms with Crippen molar-refractivity contribution in [3.05, 3.63) is 63.2 Å². The van der Waals surface area contributed by atoms with Crippen LogP contribution >= 0.6 is 23.2 Å². The maximum atomic E-state index is 13.4. The van der Waals surface area contributed by atoms with Crippen LogP contribution in [0.4, 0.5) is 13.2 Å². The van der Waals surface area contributed by atoms with E-state index in [0.717, 1.165) is 0 Å². The van der Waals surface area contributed by atoms with Gasteiger partial charge >= 0.3 is 6.18 Å². The van der Waals surface area contributed by atoms with Crippen LogP contribution < -0.4 is 10.6 Å². The molecule has 1 aliphatic carbocycles. The van der Waals surface area contributed by atoms with Gasteiger partial charge in [-0.25, -0.2) is 9.67 Å². The lowest BCUT2D eigenvalue weighted by Crippen LogP contribution is -2.38. The number of nitrogens with one attached hydrogen (secondary N) is 3. The second-order valence-electron chi connectivity index (χ2n) is 7.33. The number of alkyl halides is 3. The van der Waals surface area contributed by atoms with E-state index in [1.807, 2.05) is 0 Å². The molecule has 0 radical (unpaired) electrons. The highest BCUT2D eigenvalue weighted by Crippen LogP contribution is 2.31. The molecule has 184 valence electrons. The number of pyridine rings is 1. The molecule has 3 rings (SSSR count). The normalized spacial score (nSPS) is 15.5. The first kappa shape index (κ1) is 26.4. The Morgan fingerprint density at radius 1 is 1.26 bits per heavy atom. The standard InChI is InChI=1S/C20H16Cl2F3N7O2S/c1-8(2)28-18(33)9-6-11(31-35)15(26)14(22)16(9)29-19(34)12-7-13(20(23,24)25)30-32(12)17-10(21)4-3-5-27-17/h3-8,26,35H,1-2H3,(H,28,33)(H,29,34)/p+1. The largest absolute Gasteiger partial charge is 0.435 e. The molecule has 35 heavy (non-hydrogen) atoms. The summed E-state index contributed by atoms with van der Waals surface area (Å²) in [6.07, 6.45) is -2.42. The Hall–Kier alpha value is -3.16. The minimum absolute atomic E-state index is 0.0109. The Bertz CT molecular complexity index is 1320. The molecule has 0 aliphatic heterocycles. The van der Waals surface area contributed by atoms with Gasteiger partial charge in [0.1, 0.15) is 17.1 Å². The molecule has 0 fully saturated rings. The summed E-state index contributed by atoms with van der Waals surface area (Å²) in [6.45, 7) is 3.39. The number of carbonyl (C=O) groups is 2. The fraction of sp³-hybridized carbons (Fsp3) is 0.200. The molecule has 2 heterocycles. The number of nitrogens with zero attached hydrogens (tertiary/aromatic N) is 4. The first-order valence-corrected chi connectivity index (χ1v) is 10.9. The molecule has 9 nitrogen and oxygen atoms in total. The van der Waals surface area contributed by atoms with Crippen LogP contribution in [-0.4, -0.2) is 44.0 Å². The van der Waals surface area contributed by atoms with E-state index in [0.29, 0.717) is 10.7 Å². The number of hydrogen-bond donors (Lipinski definition) is 3. The summed E-state index contributed by atoms with van der Waals surface area (Å²) in [7, 11) is 0. The predicted molar refractivity (Wildman–Crippen MR) is 128 cm³/mol. The Labute approximate surface area is 212 Å². The van der Waals surface area contributed by atoms with Crippen molar-refractivity contribution in [1.82, 2.24) is 25.4 Å². The smallest absolute Gasteiger partial charge is 0.350 e. The summed E-state index contributed by atoms with van der Waals surface area (Å²) in [4.78, 5) is 29.9. The van der Waals surface area contributed by atoms with Gasteiger partial charge in [0.2, 0.25) is 0 Å². The Kier molecular flexibility index (Phi) is 7.72. The Balaban J connectivity index is 2.11. The van der Waals surface area contributed by atoms with Crippen molar-refractivity contribution in [1.29, 1.82) is 5.41 Å². The fourth-order valence-electron chi connectivity index (χ4n) is 2.92. The quantitative estimate of drug-likeness (QED) is 0.393. The van der Waals surface area contributed by atoms with Crippen molar-refractivity contribution in [2.24, 2.45) is 4.40 Å². The van der Waals surface area contributed by atoms with Gasteiger partial charge in [0.25, 0.3) is 11.8 Å². The van der Waals surface area contributed by atoms with E-state index in [2.05, 4.69) is 37.9 Å². The highest BCUT2D eigenvalue weighted by Gasteiger charge is 2.37. The molecule has 2 amide bonds. The zero-order valence-corrected chi connectivity index (χ0v) is 20.5. The molecule has 1 aliphatic rings. The average Bonchev–Trinajstić information content (AvgIpc) is 3.23. The summed E-state index contributed by atoms with van der Waals surface area (Å²) < 4.78 is 44.5. The third-order valence-corrected chi connectivity index (χ3v) is 5.35. The van der Waals surface area contributed by atoms with Crippen molar-refractivity contribution in [3.63, 3.8) is 0 Å². The van der Waals surface area contributed by atoms with Gasteiger partial charge in [-0.3, -0.25) is 15.0 Å². The molecule has 3 N–H and O–H groups in total. The van der Waals surface area contributed by atoms with Gasteiger partial charge in [-0.1, -0.05) is 27.6 Å². The van der Waals surface area contributed by atoms with Crippen LogP contribution in [0.15, 0.2) is 51.2 Å². The number of rotatable bonds is 5. The molecule has 0 saturated heterocycles. The van der Waals surface area contributed by atoms with Crippen molar-refractivity contribution in [3.8, 4) is 5.82 Å². The van der Waals surface area contributed by atoms with Gasteiger partial charge in [0, 0.05) is 18.3 Å². The second kappa shape index (κ2) is 10.2. The average molecular weight is 547 g/mol. The van der Waals surface area contributed by atoms with E-state index in [4.69, 9.17) is 28.6 Å². The van der Waals surface area contributed by atoms with Crippen molar-refractivity contribution >= 4 is 59.3 Å². The molecule has 0 aromatic carbocycles. The number of amides is 2. The monoisotopic (exact) mass is 546 g/mol. The highest BCUT2D eigenvalue weighted by atomic mass is 35.5. The van der Waals surface area contributed by atoms with Crippen LogP contribution in [0.3, 0.4) is 0 Å². The molecule has 2 aromatic rings. The third kappa shape index (κ3) is 5.57. The van der Waals surface area contributed by atoms with Gasteiger partial charge < -0.3 is 10.6 Å². The molecule has 0 atom stereocenters. The molecule has 2 aromatic heterocycles. The molecular formula is C20H17Cl2F3N7O2S+. The van der Waals surface area contributed by atoms with Crippen LogP contribution in [0.1, 0.15) is 30.0 Å². The van der Waals surface area contributed by atoms with Gasteiger partial charge in [-0.05, 0) is 32.1 Å². The van der Waals surface area contributed by atoms with Crippen LogP contribution in [0.2, 0.25) is 5.02 Å². The lowest BCUT2D eigenvalue weighted by molar-refractivity contribution is -0.141. The zero-order valence-electron chi connectivity index (χ0n) is 18.0. The summed E-state index contributed by atoms with van der Waals surface area (Å²) in [6, 6.07) is 3.02. The summed E-state index contributed by atoms with van der Waals surface area (Å²) >= 11 is 15.2. The van der Waals surface area contributed by atoms with Gasteiger partial charge in [0.15, 0.2) is 11.5 Å². The molecule has 0 bridgehead atoms. The summed E-state index contributed by atoms with van der Waals surface area (Å²) in [5, 5.41) is 16.1.